The minimum atomic E-state index is -2.94. The van der Waals surface area contributed by atoms with Gasteiger partial charge in [-0.25, -0.2) is 0 Å². The summed E-state index contributed by atoms with van der Waals surface area (Å²) in [6, 6.07) is 10.7. The molecule has 0 aliphatic heterocycles. The van der Waals surface area contributed by atoms with Crippen LogP contribution in [-0.4, -0.2) is 36.8 Å². The van der Waals surface area contributed by atoms with Gasteiger partial charge in [-0.15, -0.1) is 0 Å². The molecule has 0 spiro atoms. The maximum absolute atomic E-state index is 13.3. The number of benzene rings is 2. The van der Waals surface area contributed by atoms with Gasteiger partial charge in [0.2, 0.25) is 0 Å². The lowest BCUT2D eigenvalue weighted by Crippen LogP contribution is -2.15. The molecule has 0 aliphatic rings. The second kappa shape index (κ2) is 9.59. The highest BCUT2D eigenvalue weighted by Crippen LogP contribution is 2.31. The molecular formula is C23H23F2NO5. The molecule has 164 valence electrons. The lowest BCUT2D eigenvalue weighted by atomic mass is 10.1. The van der Waals surface area contributed by atoms with Crippen molar-refractivity contribution in [2.75, 3.05) is 13.7 Å². The third-order valence-electron chi connectivity index (χ3n) is 4.86. The van der Waals surface area contributed by atoms with Crippen molar-refractivity contribution < 1.29 is 32.6 Å². The number of hydrogen-bond acceptors (Lipinski definition) is 5. The van der Waals surface area contributed by atoms with E-state index in [0.29, 0.717) is 40.9 Å². The molecule has 8 heteroatoms. The first-order valence-corrected chi connectivity index (χ1v) is 9.78. The van der Waals surface area contributed by atoms with Crippen molar-refractivity contribution in [3.8, 4) is 11.5 Å². The Hall–Kier alpha value is -3.42. The van der Waals surface area contributed by atoms with Crippen molar-refractivity contribution in [1.29, 1.82) is 0 Å². The normalized spacial score (nSPS) is 11.0. The minimum Gasteiger partial charge on any atom is -0.497 e. The van der Waals surface area contributed by atoms with Gasteiger partial charge < -0.3 is 14.2 Å². The highest BCUT2D eigenvalue weighted by atomic mass is 19.3. The largest absolute Gasteiger partial charge is 0.497 e. The Labute approximate surface area is 178 Å². The number of aromatic nitrogens is 1. The topological polar surface area (TPSA) is 66.8 Å². The van der Waals surface area contributed by atoms with E-state index >= 15 is 0 Å². The van der Waals surface area contributed by atoms with Crippen LogP contribution in [0.4, 0.5) is 8.78 Å². The van der Waals surface area contributed by atoms with E-state index in [4.69, 9.17) is 9.47 Å². The summed E-state index contributed by atoms with van der Waals surface area (Å²) in [6.45, 7) is 1.04. The summed E-state index contributed by atoms with van der Waals surface area (Å²) in [5.41, 5.74) is 2.16. The second-order valence-electron chi connectivity index (χ2n) is 6.89. The van der Waals surface area contributed by atoms with Gasteiger partial charge in [0.05, 0.1) is 25.7 Å². The summed E-state index contributed by atoms with van der Waals surface area (Å²) in [5.74, 6) is -0.185. The number of hydrogen-bond donors (Lipinski definition) is 0. The molecule has 3 rings (SSSR count). The lowest BCUT2D eigenvalue weighted by molar-refractivity contribution is -0.142. The average molecular weight is 431 g/mol. The summed E-state index contributed by atoms with van der Waals surface area (Å²) in [4.78, 5) is 25.5. The number of methoxy groups -OCH3 is 1. The number of carbonyl (C=O) groups excluding carboxylic acids is 2. The van der Waals surface area contributed by atoms with Gasteiger partial charge in [0.15, 0.2) is 0 Å². The number of carbonyl (C=O) groups is 2. The van der Waals surface area contributed by atoms with E-state index in [1.807, 2.05) is 6.92 Å². The number of fused-ring (bicyclic) bond motifs is 1. The third kappa shape index (κ3) is 4.84. The van der Waals surface area contributed by atoms with Crippen molar-refractivity contribution in [2.24, 2.45) is 0 Å². The Morgan fingerprint density at radius 1 is 1.06 bits per heavy atom. The molecule has 6 nitrogen and oxygen atoms in total. The Balaban J connectivity index is 2.04. The molecule has 0 saturated carbocycles. The molecule has 3 aromatic rings. The fraction of sp³-hybridized carbons (Fsp3) is 0.304. The highest BCUT2D eigenvalue weighted by Gasteiger charge is 2.22. The fourth-order valence-electron chi connectivity index (χ4n) is 3.39. The van der Waals surface area contributed by atoms with Crippen molar-refractivity contribution in [1.82, 2.24) is 4.57 Å². The van der Waals surface area contributed by atoms with Crippen LogP contribution in [0, 0.1) is 6.92 Å². The Kier molecular flexibility index (Phi) is 6.89. The first kappa shape index (κ1) is 22.3. The summed E-state index contributed by atoms with van der Waals surface area (Å²) in [6.07, 6.45) is 0.723. The molecule has 0 N–H and O–H groups in total. The van der Waals surface area contributed by atoms with E-state index in [0.717, 1.165) is 0 Å². The van der Waals surface area contributed by atoms with E-state index in [1.165, 1.54) is 35.9 Å². The van der Waals surface area contributed by atoms with Crippen LogP contribution in [0.3, 0.4) is 0 Å². The first-order chi connectivity index (χ1) is 14.8. The maximum Gasteiger partial charge on any atom is 0.387 e. The van der Waals surface area contributed by atoms with Crippen LogP contribution in [0.2, 0.25) is 0 Å². The third-order valence-corrected chi connectivity index (χ3v) is 4.86. The van der Waals surface area contributed by atoms with Crippen molar-refractivity contribution >= 4 is 22.8 Å². The molecule has 0 saturated heterocycles. The molecule has 1 heterocycles. The quantitative estimate of drug-likeness (QED) is 0.482. The van der Waals surface area contributed by atoms with E-state index in [9.17, 15) is 18.4 Å². The first-order valence-electron chi connectivity index (χ1n) is 9.78. The van der Waals surface area contributed by atoms with Crippen LogP contribution < -0.4 is 9.47 Å². The van der Waals surface area contributed by atoms with Crippen LogP contribution >= 0.6 is 0 Å². The summed E-state index contributed by atoms with van der Waals surface area (Å²) >= 11 is 0. The Morgan fingerprint density at radius 3 is 2.35 bits per heavy atom. The van der Waals surface area contributed by atoms with Gasteiger partial charge in [-0.1, -0.05) is 6.92 Å². The standard InChI is InChI=1S/C23H23F2NO5/c1-4-11-30-21(27)13-18-14(2)26(20-10-9-17(29-3)12-19(18)20)22(28)15-5-7-16(8-6-15)31-23(24)25/h5-10,12,23H,4,11,13H2,1-3H3. The smallest absolute Gasteiger partial charge is 0.387 e. The highest BCUT2D eigenvalue weighted by molar-refractivity contribution is 6.05. The SMILES string of the molecule is CCCOC(=O)Cc1c(C)n(C(=O)c2ccc(OC(F)F)cc2)c2ccc(OC)cc12. The van der Waals surface area contributed by atoms with Crippen LogP contribution in [-0.2, 0) is 16.0 Å². The van der Waals surface area contributed by atoms with Gasteiger partial charge in [-0.3, -0.25) is 14.2 Å². The lowest BCUT2D eigenvalue weighted by Gasteiger charge is -2.09. The molecule has 0 radical (unpaired) electrons. The number of esters is 1. The number of nitrogens with zero attached hydrogens (tertiary/aromatic N) is 1. The van der Waals surface area contributed by atoms with Crippen molar-refractivity contribution in [2.45, 2.75) is 33.3 Å². The van der Waals surface area contributed by atoms with Crippen molar-refractivity contribution in [3.05, 3.63) is 59.3 Å². The second-order valence-corrected chi connectivity index (χ2v) is 6.89. The predicted molar refractivity (Wildman–Crippen MR) is 111 cm³/mol. The zero-order valence-corrected chi connectivity index (χ0v) is 17.5. The zero-order chi connectivity index (χ0) is 22.5. The van der Waals surface area contributed by atoms with E-state index in [-0.39, 0.29) is 29.6 Å². The number of halogens is 2. The fourth-order valence-corrected chi connectivity index (χ4v) is 3.39. The van der Waals surface area contributed by atoms with E-state index < -0.39 is 6.61 Å². The van der Waals surface area contributed by atoms with Gasteiger partial charge in [-0.2, -0.15) is 8.78 Å². The monoisotopic (exact) mass is 431 g/mol. The molecule has 0 unspecified atom stereocenters. The van der Waals surface area contributed by atoms with Gasteiger partial charge >= 0.3 is 12.6 Å². The van der Waals surface area contributed by atoms with Crippen LogP contribution in [0.1, 0.15) is 35.0 Å². The Morgan fingerprint density at radius 2 is 1.74 bits per heavy atom. The summed E-state index contributed by atoms with van der Waals surface area (Å²) in [5, 5.41) is 0.705. The van der Waals surface area contributed by atoms with Gasteiger partial charge in [-0.05, 0) is 61.4 Å². The summed E-state index contributed by atoms with van der Waals surface area (Å²) in [7, 11) is 1.54. The van der Waals surface area contributed by atoms with E-state index in [1.54, 1.807) is 25.1 Å². The average Bonchev–Trinajstić information content (AvgIpc) is 3.02. The number of ether oxygens (including phenoxy) is 3. The van der Waals surface area contributed by atoms with Gasteiger partial charge in [0.1, 0.15) is 11.5 Å². The molecule has 0 fully saturated rings. The molecule has 1 aromatic heterocycles. The molecule has 0 atom stereocenters. The number of alkyl halides is 2. The van der Waals surface area contributed by atoms with Gasteiger partial charge in [0.25, 0.3) is 5.91 Å². The molecule has 0 amide bonds. The Bertz CT molecular complexity index is 1090. The molecule has 31 heavy (non-hydrogen) atoms. The van der Waals surface area contributed by atoms with Crippen LogP contribution in [0.15, 0.2) is 42.5 Å². The zero-order valence-electron chi connectivity index (χ0n) is 17.5. The molecule has 0 aliphatic carbocycles. The molecule has 0 bridgehead atoms. The molecule has 2 aromatic carbocycles. The predicted octanol–water partition coefficient (Wildman–Crippen LogP) is 4.74. The van der Waals surface area contributed by atoms with Crippen molar-refractivity contribution in [3.63, 3.8) is 0 Å². The maximum atomic E-state index is 13.3. The van der Waals surface area contributed by atoms with Crippen LogP contribution in [0.25, 0.3) is 10.9 Å². The molecular weight excluding hydrogens is 408 g/mol. The van der Waals surface area contributed by atoms with E-state index in [2.05, 4.69) is 4.74 Å². The van der Waals surface area contributed by atoms with Crippen LogP contribution in [0.5, 0.6) is 11.5 Å². The minimum absolute atomic E-state index is 0.0109. The number of rotatable bonds is 8. The summed E-state index contributed by atoms with van der Waals surface area (Å²) < 4.78 is 41.1. The van der Waals surface area contributed by atoms with Gasteiger partial charge in [0, 0.05) is 16.6 Å².